The summed E-state index contributed by atoms with van der Waals surface area (Å²) in [6.07, 6.45) is 0. The van der Waals surface area contributed by atoms with E-state index in [2.05, 4.69) is 0 Å². The Bertz CT molecular complexity index is 1050. The van der Waals surface area contributed by atoms with E-state index in [1.54, 1.807) is 6.07 Å². The molecule has 2 aromatic carbocycles. The minimum Gasteiger partial charge on any atom is -0.309 e. The van der Waals surface area contributed by atoms with Gasteiger partial charge in [0.25, 0.3) is 0 Å². The van der Waals surface area contributed by atoms with Crippen molar-refractivity contribution in [3.8, 4) is 11.8 Å². The first-order chi connectivity index (χ1) is 11.0. The van der Waals surface area contributed by atoms with Crippen molar-refractivity contribution < 1.29 is 8.78 Å². The van der Waals surface area contributed by atoms with Crippen molar-refractivity contribution in [1.29, 1.82) is 5.26 Å². The number of benzene rings is 2. The second-order valence-corrected chi connectivity index (χ2v) is 5.38. The first-order valence-electron chi connectivity index (χ1n) is 6.65. The molecule has 0 N–H and O–H groups in total. The number of nitrogens with zero attached hydrogens (tertiary/aromatic N) is 2. The van der Waals surface area contributed by atoms with Crippen LogP contribution in [-0.2, 0) is 0 Å². The van der Waals surface area contributed by atoms with Gasteiger partial charge < -0.3 is 4.57 Å². The zero-order chi connectivity index (χ0) is 16.7. The van der Waals surface area contributed by atoms with E-state index in [-0.39, 0.29) is 32.9 Å². The van der Waals surface area contributed by atoms with E-state index in [0.717, 1.165) is 6.07 Å². The lowest BCUT2D eigenvalue weighted by Gasteiger charge is -2.17. The Hall–Kier alpha value is -2.71. The molecule has 1 aromatic heterocycles. The van der Waals surface area contributed by atoms with Crippen molar-refractivity contribution in [2.45, 2.75) is 6.92 Å². The molecular formula is C17H9ClF2N2O. The summed E-state index contributed by atoms with van der Waals surface area (Å²) < 4.78 is 29.4. The number of rotatable bonds is 1. The van der Waals surface area contributed by atoms with Crippen molar-refractivity contribution in [1.82, 2.24) is 4.57 Å². The van der Waals surface area contributed by atoms with Gasteiger partial charge in [-0.2, -0.15) is 5.26 Å². The number of pyridine rings is 1. The maximum atomic E-state index is 14.2. The summed E-state index contributed by atoms with van der Waals surface area (Å²) >= 11 is 5.82. The number of nitriles is 1. The van der Waals surface area contributed by atoms with E-state index in [4.69, 9.17) is 11.6 Å². The van der Waals surface area contributed by atoms with Crippen LogP contribution in [0.25, 0.3) is 16.6 Å². The largest absolute Gasteiger partial charge is 0.309 e. The number of para-hydroxylation sites is 1. The normalized spacial score (nSPS) is 10.7. The summed E-state index contributed by atoms with van der Waals surface area (Å²) in [4.78, 5) is 12.4. The molecule has 114 valence electrons. The highest BCUT2D eigenvalue weighted by molar-refractivity contribution is 6.31. The molecule has 0 fully saturated rings. The molecule has 6 heteroatoms. The van der Waals surface area contributed by atoms with Crippen molar-refractivity contribution >= 4 is 22.5 Å². The van der Waals surface area contributed by atoms with Gasteiger partial charge in [-0.15, -0.1) is 0 Å². The molecule has 3 aromatic rings. The summed E-state index contributed by atoms with van der Waals surface area (Å²) in [6, 6.07) is 9.95. The SMILES string of the molecule is Cc1c(C#N)c(=O)c2cc(F)c(Cl)cc2n1-c1ccccc1F. The van der Waals surface area contributed by atoms with Gasteiger partial charge in [0.15, 0.2) is 0 Å². The molecular weight excluding hydrogens is 322 g/mol. The van der Waals surface area contributed by atoms with Crippen molar-refractivity contribution in [3.05, 3.63) is 74.5 Å². The van der Waals surface area contributed by atoms with Crippen LogP contribution in [0.4, 0.5) is 8.78 Å². The second kappa shape index (κ2) is 5.49. The highest BCUT2D eigenvalue weighted by Gasteiger charge is 2.18. The number of fused-ring (bicyclic) bond motifs is 1. The molecule has 0 saturated heterocycles. The van der Waals surface area contributed by atoms with Crippen molar-refractivity contribution in [2.24, 2.45) is 0 Å². The smallest absolute Gasteiger partial charge is 0.207 e. The van der Waals surface area contributed by atoms with E-state index in [1.807, 2.05) is 6.07 Å². The van der Waals surface area contributed by atoms with Crippen LogP contribution < -0.4 is 5.43 Å². The Balaban J connectivity index is 2.61. The second-order valence-electron chi connectivity index (χ2n) is 4.97. The highest BCUT2D eigenvalue weighted by atomic mass is 35.5. The summed E-state index contributed by atoms with van der Waals surface area (Å²) in [7, 11) is 0. The van der Waals surface area contributed by atoms with Crippen LogP contribution in [0.15, 0.2) is 41.2 Å². The summed E-state index contributed by atoms with van der Waals surface area (Å²) in [5, 5.41) is 9.03. The van der Waals surface area contributed by atoms with E-state index < -0.39 is 17.1 Å². The monoisotopic (exact) mass is 330 g/mol. The fourth-order valence-corrected chi connectivity index (χ4v) is 2.73. The molecule has 0 radical (unpaired) electrons. The molecule has 0 bridgehead atoms. The molecule has 3 nitrogen and oxygen atoms in total. The predicted molar refractivity (Wildman–Crippen MR) is 83.9 cm³/mol. The average molecular weight is 331 g/mol. The summed E-state index contributed by atoms with van der Waals surface area (Å²) in [5.74, 6) is -1.31. The van der Waals surface area contributed by atoms with Gasteiger partial charge in [-0.25, -0.2) is 8.78 Å². The van der Waals surface area contributed by atoms with Gasteiger partial charge in [-0.05, 0) is 31.2 Å². The molecule has 0 aliphatic carbocycles. The lowest BCUT2D eigenvalue weighted by molar-refractivity contribution is 0.617. The quantitative estimate of drug-likeness (QED) is 0.674. The zero-order valence-corrected chi connectivity index (χ0v) is 12.7. The zero-order valence-electron chi connectivity index (χ0n) is 11.9. The van der Waals surface area contributed by atoms with Crippen LogP contribution in [0.2, 0.25) is 5.02 Å². The third-order valence-electron chi connectivity index (χ3n) is 3.65. The van der Waals surface area contributed by atoms with Crippen LogP contribution in [-0.4, -0.2) is 4.57 Å². The van der Waals surface area contributed by atoms with Gasteiger partial charge in [-0.3, -0.25) is 4.79 Å². The minimum absolute atomic E-state index is 0.0303. The molecule has 0 amide bonds. The molecule has 0 unspecified atom stereocenters. The molecule has 0 atom stereocenters. The average Bonchev–Trinajstić information content (AvgIpc) is 2.52. The van der Waals surface area contributed by atoms with Crippen LogP contribution in [0, 0.1) is 29.9 Å². The van der Waals surface area contributed by atoms with Crippen molar-refractivity contribution in [2.75, 3.05) is 0 Å². The van der Waals surface area contributed by atoms with Gasteiger partial charge >= 0.3 is 0 Å². The molecule has 23 heavy (non-hydrogen) atoms. The van der Waals surface area contributed by atoms with Gasteiger partial charge in [0.1, 0.15) is 23.3 Å². The maximum absolute atomic E-state index is 14.2. The summed E-state index contributed by atoms with van der Waals surface area (Å²) in [6.45, 7) is 1.53. The first-order valence-corrected chi connectivity index (χ1v) is 7.03. The Morgan fingerprint density at radius 1 is 1.17 bits per heavy atom. The van der Waals surface area contributed by atoms with Gasteiger partial charge in [-0.1, -0.05) is 23.7 Å². The van der Waals surface area contributed by atoms with E-state index in [1.165, 1.54) is 35.8 Å². The van der Waals surface area contributed by atoms with E-state index >= 15 is 0 Å². The third-order valence-corrected chi connectivity index (χ3v) is 3.94. The molecule has 0 aliphatic rings. The number of hydrogen-bond donors (Lipinski definition) is 0. The van der Waals surface area contributed by atoms with Crippen LogP contribution in [0.1, 0.15) is 11.3 Å². The number of aromatic nitrogens is 1. The number of halogens is 3. The Morgan fingerprint density at radius 3 is 2.52 bits per heavy atom. The summed E-state index contributed by atoms with van der Waals surface area (Å²) in [5.41, 5.74) is -0.124. The number of hydrogen-bond acceptors (Lipinski definition) is 2. The maximum Gasteiger partial charge on any atom is 0.207 e. The van der Waals surface area contributed by atoms with Gasteiger partial charge in [0.2, 0.25) is 5.43 Å². The fraction of sp³-hybridized carbons (Fsp3) is 0.0588. The van der Waals surface area contributed by atoms with E-state index in [9.17, 15) is 18.8 Å². The minimum atomic E-state index is -0.774. The Kier molecular flexibility index (Phi) is 3.63. The lowest BCUT2D eigenvalue weighted by Crippen LogP contribution is -2.17. The first kappa shape index (κ1) is 15.2. The lowest BCUT2D eigenvalue weighted by atomic mass is 10.1. The van der Waals surface area contributed by atoms with E-state index in [0.29, 0.717) is 0 Å². The van der Waals surface area contributed by atoms with Crippen molar-refractivity contribution in [3.63, 3.8) is 0 Å². The molecule has 0 saturated carbocycles. The standard InChI is InChI=1S/C17H9ClF2N2O/c1-9-11(8-21)17(23)10-6-14(20)12(18)7-16(10)22(9)15-5-3-2-4-13(15)19/h2-7H,1H3. The predicted octanol–water partition coefficient (Wildman–Crippen LogP) is 4.10. The fourth-order valence-electron chi connectivity index (χ4n) is 2.57. The van der Waals surface area contributed by atoms with Gasteiger partial charge in [0, 0.05) is 5.69 Å². The topological polar surface area (TPSA) is 45.8 Å². The molecule has 0 aliphatic heterocycles. The van der Waals surface area contributed by atoms with Crippen LogP contribution >= 0.6 is 11.6 Å². The van der Waals surface area contributed by atoms with Gasteiger partial charge in [0.05, 0.1) is 21.6 Å². The van der Waals surface area contributed by atoms with Crippen LogP contribution in [0.5, 0.6) is 0 Å². The Morgan fingerprint density at radius 2 is 1.87 bits per heavy atom. The van der Waals surface area contributed by atoms with Crippen LogP contribution in [0.3, 0.4) is 0 Å². The highest BCUT2D eigenvalue weighted by Crippen LogP contribution is 2.27. The third kappa shape index (κ3) is 2.28. The molecule has 3 rings (SSSR count). The molecule has 0 spiro atoms. The Labute approximate surface area is 135 Å². The molecule has 1 heterocycles.